The zero-order valence-corrected chi connectivity index (χ0v) is 16.8. The van der Waals surface area contributed by atoms with E-state index in [1.165, 1.54) is 0 Å². The Bertz CT molecular complexity index is 574. The van der Waals surface area contributed by atoms with Crippen LogP contribution in [0.5, 0.6) is 0 Å². The molecule has 1 aliphatic carbocycles. The molecule has 0 aromatic heterocycles. The van der Waals surface area contributed by atoms with Crippen molar-refractivity contribution in [3.63, 3.8) is 0 Å². The second-order valence-corrected chi connectivity index (χ2v) is 7.71. The highest BCUT2D eigenvalue weighted by Crippen LogP contribution is 2.38. The van der Waals surface area contributed by atoms with E-state index in [1.54, 1.807) is 6.92 Å². The number of rotatable bonds is 7. The van der Waals surface area contributed by atoms with Crippen molar-refractivity contribution in [2.24, 2.45) is 23.7 Å². The Morgan fingerprint density at radius 3 is 2.67 bits per heavy atom. The van der Waals surface area contributed by atoms with Crippen molar-refractivity contribution in [3.8, 4) is 0 Å². The van der Waals surface area contributed by atoms with E-state index < -0.39 is 24.1 Å². The van der Waals surface area contributed by atoms with Crippen LogP contribution < -0.4 is 0 Å². The van der Waals surface area contributed by atoms with Gasteiger partial charge in [0.25, 0.3) is 0 Å². The van der Waals surface area contributed by atoms with Gasteiger partial charge >= 0.3 is 17.7 Å². The molecule has 27 heavy (non-hydrogen) atoms. The normalized spacial score (nSPS) is 32.1. The van der Waals surface area contributed by atoms with Crippen molar-refractivity contribution in [1.82, 2.24) is 0 Å². The van der Waals surface area contributed by atoms with Gasteiger partial charge in [0.05, 0.1) is 19.1 Å². The molecule has 0 aromatic carbocycles. The summed E-state index contributed by atoms with van der Waals surface area (Å²) in [6.07, 6.45) is 1.79. The molecule has 2 fully saturated rings. The molecule has 0 bridgehead atoms. The molecule has 154 valence electrons. The van der Waals surface area contributed by atoms with Gasteiger partial charge in [0.15, 0.2) is 0 Å². The van der Waals surface area contributed by atoms with E-state index in [2.05, 4.69) is 25.6 Å². The third kappa shape index (κ3) is 5.12. The van der Waals surface area contributed by atoms with Crippen molar-refractivity contribution in [3.05, 3.63) is 5.21 Å². The molecule has 2 aliphatic rings. The van der Waals surface area contributed by atoms with E-state index in [0.717, 1.165) is 26.4 Å². The Labute approximate surface area is 160 Å². The molecule has 1 heterocycles. The number of nitrogens with zero attached hydrogens (tertiary/aromatic N) is 1. The zero-order valence-electron chi connectivity index (χ0n) is 16.8. The molecule has 1 saturated heterocycles. The molecule has 3 unspecified atom stereocenters. The lowest BCUT2D eigenvalue weighted by Crippen LogP contribution is -2.43. The molecule has 2 rings (SSSR count). The lowest BCUT2D eigenvalue weighted by atomic mass is 9.75. The van der Waals surface area contributed by atoms with Crippen molar-refractivity contribution >= 4 is 17.7 Å². The van der Waals surface area contributed by atoms with E-state index in [1.807, 2.05) is 0 Å². The summed E-state index contributed by atoms with van der Waals surface area (Å²) in [4.78, 5) is 29.0. The first-order chi connectivity index (χ1) is 12.8. The number of ether oxygens (including phenoxy) is 3. The van der Waals surface area contributed by atoms with E-state index >= 15 is 0 Å². The zero-order chi connectivity index (χ0) is 20.1. The SMILES string of the molecule is CCOC(=O)/C([C@@H]1CC(=O)O[C@H]1OC1CC(C)CCC1C(C)C)=[N+](\[O-])OC. The van der Waals surface area contributed by atoms with E-state index in [4.69, 9.17) is 14.2 Å². The molecule has 8 nitrogen and oxygen atoms in total. The summed E-state index contributed by atoms with van der Waals surface area (Å²) in [6, 6.07) is 0. The smallest absolute Gasteiger partial charge is 0.405 e. The topological polar surface area (TPSA) is 97.1 Å². The summed E-state index contributed by atoms with van der Waals surface area (Å²) in [5.74, 6) is -0.951. The van der Waals surface area contributed by atoms with Gasteiger partial charge in [-0.2, -0.15) is 0 Å². The van der Waals surface area contributed by atoms with Crippen LogP contribution in [-0.4, -0.2) is 48.7 Å². The van der Waals surface area contributed by atoms with Crippen molar-refractivity contribution in [2.75, 3.05) is 13.7 Å². The second-order valence-electron chi connectivity index (χ2n) is 7.71. The van der Waals surface area contributed by atoms with Gasteiger partial charge in [-0.3, -0.25) is 10.0 Å². The van der Waals surface area contributed by atoms with Crippen LogP contribution in [0.2, 0.25) is 0 Å². The third-order valence-electron chi connectivity index (χ3n) is 5.43. The van der Waals surface area contributed by atoms with Gasteiger partial charge in [-0.15, -0.1) is 0 Å². The predicted molar refractivity (Wildman–Crippen MR) is 96.5 cm³/mol. The number of carbonyl (C=O) groups is 2. The minimum absolute atomic E-state index is 0.0877. The summed E-state index contributed by atoms with van der Waals surface area (Å²) in [6.45, 7) is 8.21. The summed E-state index contributed by atoms with van der Waals surface area (Å²) >= 11 is 0. The number of esters is 2. The van der Waals surface area contributed by atoms with Crippen LogP contribution in [0.15, 0.2) is 0 Å². The minimum Gasteiger partial charge on any atom is -0.458 e. The second kappa shape index (κ2) is 9.39. The Morgan fingerprint density at radius 2 is 2.07 bits per heavy atom. The minimum atomic E-state index is -1.000. The van der Waals surface area contributed by atoms with Gasteiger partial charge < -0.3 is 19.0 Å². The monoisotopic (exact) mass is 385 g/mol. The van der Waals surface area contributed by atoms with Crippen molar-refractivity contribution in [1.29, 1.82) is 0 Å². The molecule has 0 N–H and O–H groups in total. The lowest BCUT2D eigenvalue weighted by molar-refractivity contribution is -0.734. The van der Waals surface area contributed by atoms with E-state index in [0.29, 0.717) is 17.8 Å². The van der Waals surface area contributed by atoms with Crippen molar-refractivity contribution in [2.45, 2.75) is 65.8 Å². The van der Waals surface area contributed by atoms with E-state index in [9.17, 15) is 14.8 Å². The molecule has 1 aliphatic heterocycles. The molecular formula is C19H31NO7. The Hall–Kier alpha value is -1.83. The predicted octanol–water partition coefficient (Wildman–Crippen LogP) is 2.43. The van der Waals surface area contributed by atoms with Gasteiger partial charge in [-0.05, 0) is 37.5 Å². The van der Waals surface area contributed by atoms with Crippen LogP contribution >= 0.6 is 0 Å². The van der Waals surface area contributed by atoms with Gasteiger partial charge in [-0.25, -0.2) is 4.79 Å². The highest BCUT2D eigenvalue weighted by atomic mass is 16.9. The molecule has 0 amide bonds. The van der Waals surface area contributed by atoms with Crippen LogP contribution in [0.25, 0.3) is 0 Å². The molecule has 1 saturated carbocycles. The van der Waals surface area contributed by atoms with Crippen LogP contribution in [0.4, 0.5) is 0 Å². The molecule has 5 atom stereocenters. The quantitative estimate of drug-likeness (QED) is 0.287. The van der Waals surface area contributed by atoms with Gasteiger partial charge in [-0.1, -0.05) is 27.2 Å². The van der Waals surface area contributed by atoms with Crippen LogP contribution in [0.1, 0.15) is 53.4 Å². The maximum absolute atomic E-state index is 12.3. The first-order valence-corrected chi connectivity index (χ1v) is 9.68. The Kier molecular flexibility index (Phi) is 7.47. The first kappa shape index (κ1) is 21.5. The molecule has 0 spiro atoms. The van der Waals surface area contributed by atoms with Gasteiger partial charge in [0, 0.05) is 12.0 Å². The van der Waals surface area contributed by atoms with Gasteiger partial charge in [0.2, 0.25) is 6.29 Å². The van der Waals surface area contributed by atoms with Crippen LogP contribution in [-0.2, 0) is 28.6 Å². The standard InChI is InChI=1S/C19H31NO7/c1-6-25-18(22)17(20(23)24-5)14-10-16(21)27-19(14)26-15-9-12(4)7-8-13(15)11(2)3/h11-15,19H,6-10H2,1-5H3/b20-17+/t12?,13?,14-,15?,19+/m0/s1. The Balaban J connectivity index is 2.25. The average molecular weight is 385 g/mol. The molecule has 0 aromatic rings. The highest BCUT2D eigenvalue weighted by Gasteiger charge is 2.50. The average Bonchev–Trinajstić information content (AvgIpc) is 2.94. The number of hydrogen-bond acceptors (Lipinski definition) is 7. The first-order valence-electron chi connectivity index (χ1n) is 9.68. The van der Waals surface area contributed by atoms with Crippen molar-refractivity contribution < 1.29 is 33.5 Å². The maximum atomic E-state index is 12.3. The lowest BCUT2D eigenvalue weighted by Gasteiger charge is -2.38. The summed E-state index contributed by atoms with van der Waals surface area (Å²) in [7, 11) is 1.15. The largest absolute Gasteiger partial charge is 0.458 e. The number of hydrogen-bond donors (Lipinski definition) is 0. The van der Waals surface area contributed by atoms with Crippen LogP contribution in [0.3, 0.4) is 0 Å². The number of cyclic esters (lactones) is 1. The fourth-order valence-electron chi connectivity index (χ4n) is 3.99. The highest BCUT2D eigenvalue weighted by molar-refractivity contribution is 6.35. The maximum Gasteiger partial charge on any atom is 0.405 e. The van der Waals surface area contributed by atoms with E-state index in [-0.39, 0.29) is 29.7 Å². The fraction of sp³-hybridized carbons (Fsp3) is 0.842. The van der Waals surface area contributed by atoms with Crippen LogP contribution in [0, 0.1) is 28.9 Å². The molecule has 0 radical (unpaired) electrons. The van der Waals surface area contributed by atoms with Gasteiger partial charge in [0.1, 0.15) is 5.92 Å². The fourth-order valence-corrected chi connectivity index (χ4v) is 3.99. The number of carbonyl (C=O) groups excluding carboxylic acids is 2. The molecule has 8 heteroatoms. The summed E-state index contributed by atoms with van der Waals surface area (Å²) < 4.78 is 16.5. The summed E-state index contributed by atoms with van der Waals surface area (Å²) in [5.41, 5.74) is -0.305. The molecular weight excluding hydrogens is 354 g/mol. The Morgan fingerprint density at radius 1 is 1.37 bits per heavy atom. The summed E-state index contributed by atoms with van der Waals surface area (Å²) in [5, 5.41) is 12.1. The third-order valence-corrected chi connectivity index (χ3v) is 5.43.